The summed E-state index contributed by atoms with van der Waals surface area (Å²) in [6, 6.07) is 0.799. The number of hydrogen-bond donors (Lipinski definition) is 4. The molecular weight excluding hydrogens is 446 g/mol. The number of carbonyl (C=O) groups is 2. The van der Waals surface area contributed by atoms with Crippen LogP contribution in [0.4, 0.5) is 0 Å². The van der Waals surface area contributed by atoms with Gasteiger partial charge in [0.15, 0.2) is 0 Å². The Labute approximate surface area is 209 Å². The zero-order chi connectivity index (χ0) is 24.7. The third-order valence-corrected chi connectivity index (χ3v) is 9.24. The van der Waals surface area contributed by atoms with E-state index in [-0.39, 0.29) is 65.9 Å². The van der Waals surface area contributed by atoms with Crippen molar-refractivity contribution in [2.24, 2.45) is 29.6 Å². The number of amides is 2. The second-order valence-electron chi connectivity index (χ2n) is 12.0. The molecule has 0 radical (unpaired) electrons. The van der Waals surface area contributed by atoms with Gasteiger partial charge in [0.05, 0.1) is 37.5 Å². The lowest BCUT2D eigenvalue weighted by Gasteiger charge is -2.47. The summed E-state index contributed by atoms with van der Waals surface area (Å²) in [5, 5.41) is 12.5. The molecule has 1 saturated carbocycles. The summed E-state index contributed by atoms with van der Waals surface area (Å²) >= 11 is 0. The minimum atomic E-state index is -0.156. The molecule has 4 heterocycles. The monoisotopic (exact) mass is 491 g/mol. The number of rotatable bonds is 5. The summed E-state index contributed by atoms with van der Waals surface area (Å²) in [7, 11) is 0. The number of ether oxygens (including phenoxy) is 2. The highest BCUT2D eigenvalue weighted by Crippen LogP contribution is 2.40. The zero-order valence-corrected chi connectivity index (χ0v) is 21.8. The first-order valence-electron chi connectivity index (χ1n) is 13.9. The maximum absolute atomic E-state index is 13.6. The van der Waals surface area contributed by atoms with Crippen molar-refractivity contribution >= 4 is 11.8 Å². The van der Waals surface area contributed by atoms with E-state index in [1.807, 2.05) is 6.92 Å². The lowest BCUT2D eigenvalue weighted by molar-refractivity contribution is -0.165. The average molecular weight is 492 g/mol. The minimum Gasteiger partial charge on any atom is -0.373 e. The first kappa shape index (κ1) is 25.4. The Hall–Kier alpha value is -1.26. The van der Waals surface area contributed by atoms with Crippen molar-refractivity contribution in [2.45, 2.75) is 96.3 Å². The van der Waals surface area contributed by atoms with Crippen LogP contribution in [0.15, 0.2) is 0 Å². The lowest BCUT2D eigenvalue weighted by Crippen LogP contribution is -2.62. The van der Waals surface area contributed by atoms with Crippen molar-refractivity contribution in [3.05, 3.63) is 0 Å². The molecule has 9 nitrogen and oxygen atoms in total. The summed E-state index contributed by atoms with van der Waals surface area (Å²) in [6.07, 6.45) is 5.42. The fourth-order valence-corrected chi connectivity index (χ4v) is 7.35. The SMILES string of the molecule is CC1CC(C)C(CNC(=O)C2CC(C3CCC4OCCOC4C3)NC3C2CNN3C(C)C)C(=O)N1. The molecule has 1 aliphatic carbocycles. The van der Waals surface area contributed by atoms with Gasteiger partial charge in [-0.25, -0.2) is 5.01 Å². The first-order chi connectivity index (χ1) is 16.8. The number of hydrogen-bond acceptors (Lipinski definition) is 7. The molecule has 5 aliphatic rings. The first-order valence-corrected chi connectivity index (χ1v) is 13.9. The van der Waals surface area contributed by atoms with E-state index < -0.39 is 0 Å². The largest absolute Gasteiger partial charge is 0.373 e. The summed E-state index contributed by atoms with van der Waals surface area (Å²) in [4.78, 5) is 26.2. The molecule has 0 aromatic heterocycles. The van der Waals surface area contributed by atoms with Gasteiger partial charge in [0.1, 0.15) is 0 Å². The summed E-state index contributed by atoms with van der Waals surface area (Å²) in [5.41, 5.74) is 3.56. The van der Waals surface area contributed by atoms with Crippen molar-refractivity contribution in [3.63, 3.8) is 0 Å². The van der Waals surface area contributed by atoms with E-state index in [1.54, 1.807) is 0 Å². The van der Waals surface area contributed by atoms with Gasteiger partial charge in [0.25, 0.3) is 0 Å². The lowest BCUT2D eigenvalue weighted by atomic mass is 9.72. The molecule has 0 bridgehead atoms. The van der Waals surface area contributed by atoms with E-state index in [0.29, 0.717) is 31.7 Å². The standard InChI is InChI=1S/C26H45N5O4/c1-14(2)31-24-20(13-28-31)18(25(32)27-12-19-15(3)9-16(4)29-26(19)33)11-21(30-24)17-5-6-22-23(10-17)35-8-7-34-22/h14-24,28,30H,5-13H2,1-4H3,(H,27,32)(H,29,33). The number of carbonyl (C=O) groups excluding carboxylic acids is 2. The molecule has 10 unspecified atom stereocenters. The number of fused-ring (bicyclic) bond motifs is 2. The van der Waals surface area contributed by atoms with Crippen LogP contribution in [-0.4, -0.2) is 79.6 Å². The van der Waals surface area contributed by atoms with Gasteiger partial charge in [-0.1, -0.05) is 6.92 Å². The van der Waals surface area contributed by atoms with Gasteiger partial charge in [-0.15, -0.1) is 0 Å². The Morgan fingerprint density at radius 2 is 1.89 bits per heavy atom. The molecule has 4 aliphatic heterocycles. The molecule has 4 N–H and O–H groups in total. The summed E-state index contributed by atoms with van der Waals surface area (Å²) < 4.78 is 12.0. The van der Waals surface area contributed by atoms with Crippen molar-refractivity contribution in [3.8, 4) is 0 Å². The van der Waals surface area contributed by atoms with E-state index in [2.05, 4.69) is 47.2 Å². The summed E-state index contributed by atoms with van der Waals surface area (Å²) in [5.74, 6) is 0.873. The van der Waals surface area contributed by atoms with Crippen LogP contribution in [0.25, 0.3) is 0 Å². The van der Waals surface area contributed by atoms with Crippen LogP contribution in [0.3, 0.4) is 0 Å². The van der Waals surface area contributed by atoms with Gasteiger partial charge in [0, 0.05) is 43.1 Å². The maximum Gasteiger partial charge on any atom is 0.225 e. The van der Waals surface area contributed by atoms with Crippen LogP contribution in [0, 0.1) is 29.6 Å². The predicted molar refractivity (Wildman–Crippen MR) is 132 cm³/mol. The van der Waals surface area contributed by atoms with Gasteiger partial charge in [-0.05, 0) is 64.7 Å². The van der Waals surface area contributed by atoms with E-state index in [9.17, 15) is 9.59 Å². The smallest absolute Gasteiger partial charge is 0.225 e. The Kier molecular flexibility index (Phi) is 7.70. The molecule has 5 fully saturated rings. The van der Waals surface area contributed by atoms with E-state index in [4.69, 9.17) is 9.47 Å². The molecule has 5 rings (SSSR count). The van der Waals surface area contributed by atoms with Gasteiger partial charge < -0.3 is 20.1 Å². The van der Waals surface area contributed by atoms with Crippen LogP contribution in [0.2, 0.25) is 0 Å². The normalized spacial score (nSPS) is 44.4. The van der Waals surface area contributed by atoms with Crippen molar-refractivity contribution in [1.29, 1.82) is 0 Å². The molecule has 0 aromatic carbocycles. The molecule has 35 heavy (non-hydrogen) atoms. The van der Waals surface area contributed by atoms with Crippen molar-refractivity contribution in [2.75, 3.05) is 26.3 Å². The second kappa shape index (κ2) is 10.6. The zero-order valence-electron chi connectivity index (χ0n) is 21.8. The highest BCUT2D eigenvalue weighted by Gasteiger charge is 2.50. The van der Waals surface area contributed by atoms with E-state index in [1.165, 1.54) is 0 Å². The summed E-state index contributed by atoms with van der Waals surface area (Å²) in [6.45, 7) is 11.1. The minimum absolute atomic E-state index is 0.0672. The Balaban J connectivity index is 1.27. The van der Waals surface area contributed by atoms with E-state index in [0.717, 1.165) is 38.6 Å². The highest BCUT2D eigenvalue weighted by molar-refractivity contribution is 5.83. The topological polar surface area (TPSA) is 104 Å². The number of hydrazine groups is 1. The highest BCUT2D eigenvalue weighted by atomic mass is 16.6. The predicted octanol–water partition coefficient (Wildman–Crippen LogP) is 0.996. The average Bonchev–Trinajstić information content (AvgIpc) is 3.26. The van der Waals surface area contributed by atoms with Gasteiger partial charge in [-0.2, -0.15) is 0 Å². The van der Waals surface area contributed by atoms with Crippen LogP contribution in [0.5, 0.6) is 0 Å². The number of nitrogens with one attached hydrogen (secondary N) is 4. The fourth-order valence-electron chi connectivity index (χ4n) is 7.35. The van der Waals surface area contributed by atoms with Crippen LogP contribution < -0.4 is 21.4 Å². The maximum atomic E-state index is 13.6. The molecule has 4 saturated heterocycles. The van der Waals surface area contributed by atoms with Gasteiger partial charge in [-0.3, -0.25) is 20.3 Å². The molecule has 198 valence electrons. The third kappa shape index (κ3) is 5.25. The quantitative estimate of drug-likeness (QED) is 0.455. The Morgan fingerprint density at radius 1 is 1.11 bits per heavy atom. The molecule has 0 spiro atoms. The number of piperidine rings is 2. The van der Waals surface area contributed by atoms with Crippen LogP contribution in [0.1, 0.15) is 59.8 Å². The molecule has 0 aromatic rings. The second-order valence-corrected chi connectivity index (χ2v) is 12.0. The molecule has 10 atom stereocenters. The van der Waals surface area contributed by atoms with Gasteiger partial charge in [0.2, 0.25) is 11.8 Å². The van der Waals surface area contributed by atoms with E-state index >= 15 is 0 Å². The van der Waals surface area contributed by atoms with Crippen molar-refractivity contribution < 1.29 is 19.1 Å². The van der Waals surface area contributed by atoms with Crippen LogP contribution >= 0.6 is 0 Å². The Bertz CT molecular complexity index is 781. The molecular formula is C26H45N5O4. The third-order valence-electron chi connectivity index (χ3n) is 9.24. The van der Waals surface area contributed by atoms with Crippen molar-refractivity contribution in [1.82, 2.24) is 26.4 Å². The molecule has 2 amide bonds. The fraction of sp³-hybridized carbons (Fsp3) is 0.923. The molecule has 9 heteroatoms. The number of nitrogens with zero attached hydrogens (tertiary/aromatic N) is 1. The van der Waals surface area contributed by atoms with Gasteiger partial charge >= 0.3 is 0 Å². The van der Waals surface area contributed by atoms with Crippen LogP contribution in [-0.2, 0) is 19.1 Å². The Morgan fingerprint density at radius 3 is 2.63 bits per heavy atom.